The quantitative estimate of drug-likeness (QED) is 0.833. The van der Waals surface area contributed by atoms with Crippen LogP contribution in [0, 0.1) is 6.92 Å². The number of likely N-dealkylation sites (N-methyl/N-ethyl adjacent to an activating group) is 1. The van der Waals surface area contributed by atoms with Crippen LogP contribution in [0.1, 0.15) is 28.5 Å². The molecule has 0 unspecified atom stereocenters. The predicted octanol–water partition coefficient (Wildman–Crippen LogP) is 3.71. The van der Waals surface area contributed by atoms with Crippen LogP contribution in [0.4, 0.5) is 5.82 Å². The number of amides is 1. The lowest BCUT2D eigenvalue weighted by atomic mass is 10.1. The third-order valence-electron chi connectivity index (χ3n) is 3.74. The standard InChI is InChI=1S/C19H17N3O3S/c1-3-22-17(23)15(11-13-7-9-14(10-8-13)18(24)25)26-19(22)21-16-6-4-5-12(2)20-16/h4-11H,3H2,1-2H3,(H,24,25)/b15-11+,21-19?. The number of thioether (sulfide) groups is 1. The number of aryl methyl sites for hydroxylation is 1. The molecule has 3 rings (SSSR count). The number of hydrogen-bond donors (Lipinski definition) is 1. The highest BCUT2D eigenvalue weighted by molar-refractivity contribution is 8.18. The minimum Gasteiger partial charge on any atom is -0.478 e. The molecule has 0 atom stereocenters. The molecule has 2 aromatic rings. The first-order valence-electron chi connectivity index (χ1n) is 8.05. The molecule has 0 saturated carbocycles. The summed E-state index contributed by atoms with van der Waals surface area (Å²) in [4.78, 5) is 34.6. The Kier molecular flexibility index (Phi) is 5.18. The smallest absolute Gasteiger partial charge is 0.335 e. The summed E-state index contributed by atoms with van der Waals surface area (Å²) >= 11 is 1.29. The second kappa shape index (κ2) is 7.53. The minimum atomic E-state index is -0.979. The Morgan fingerprint density at radius 1 is 1.27 bits per heavy atom. The third-order valence-corrected chi connectivity index (χ3v) is 4.75. The Morgan fingerprint density at radius 3 is 2.62 bits per heavy atom. The summed E-state index contributed by atoms with van der Waals surface area (Å²) in [5, 5.41) is 9.55. The lowest BCUT2D eigenvalue weighted by Gasteiger charge is -2.11. The Hall–Kier alpha value is -2.93. The molecule has 1 aromatic carbocycles. The number of benzene rings is 1. The zero-order chi connectivity index (χ0) is 18.7. The molecule has 0 aliphatic carbocycles. The highest BCUT2D eigenvalue weighted by atomic mass is 32.2. The van der Waals surface area contributed by atoms with Crippen LogP contribution in [0.2, 0.25) is 0 Å². The van der Waals surface area contributed by atoms with Gasteiger partial charge in [-0.1, -0.05) is 18.2 Å². The number of nitrogens with zero attached hydrogens (tertiary/aromatic N) is 3. The van der Waals surface area contributed by atoms with Crippen LogP contribution in [-0.2, 0) is 4.79 Å². The van der Waals surface area contributed by atoms with Crippen LogP contribution in [0.15, 0.2) is 52.4 Å². The van der Waals surface area contributed by atoms with Gasteiger partial charge in [-0.25, -0.2) is 14.8 Å². The lowest BCUT2D eigenvalue weighted by Crippen LogP contribution is -2.28. The van der Waals surface area contributed by atoms with E-state index in [4.69, 9.17) is 5.11 Å². The van der Waals surface area contributed by atoms with Gasteiger partial charge in [0.05, 0.1) is 10.5 Å². The lowest BCUT2D eigenvalue weighted by molar-refractivity contribution is -0.122. The maximum Gasteiger partial charge on any atom is 0.335 e. The molecular weight excluding hydrogens is 350 g/mol. The van der Waals surface area contributed by atoms with Gasteiger partial charge in [0.2, 0.25) is 0 Å². The average Bonchev–Trinajstić information content (AvgIpc) is 2.90. The average molecular weight is 367 g/mol. The number of amidine groups is 1. The van der Waals surface area contributed by atoms with E-state index in [0.717, 1.165) is 11.3 Å². The molecule has 0 bridgehead atoms. The van der Waals surface area contributed by atoms with E-state index in [0.29, 0.717) is 22.4 Å². The summed E-state index contributed by atoms with van der Waals surface area (Å²) in [6.07, 6.45) is 1.74. The van der Waals surface area contributed by atoms with Gasteiger partial charge in [0.1, 0.15) is 0 Å². The predicted molar refractivity (Wildman–Crippen MR) is 102 cm³/mol. The number of pyridine rings is 1. The molecule has 6 nitrogen and oxygen atoms in total. The minimum absolute atomic E-state index is 0.119. The van der Waals surface area contributed by atoms with Crippen LogP contribution in [-0.4, -0.2) is 38.6 Å². The summed E-state index contributed by atoms with van der Waals surface area (Å²) in [6, 6.07) is 11.9. The van der Waals surface area contributed by atoms with Gasteiger partial charge in [0.15, 0.2) is 11.0 Å². The second-order valence-corrected chi connectivity index (χ2v) is 6.63. The number of aromatic nitrogens is 1. The van der Waals surface area contributed by atoms with Crippen molar-refractivity contribution in [2.45, 2.75) is 13.8 Å². The van der Waals surface area contributed by atoms with Crippen LogP contribution < -0.4 is 0 Å². The van der Waals surface area contributed by atoms with Gasteiger partial charge in [0, 0.05) is 12.2 Å². The maximum absolute atomic E-state index is 12.6. The first-order valence-corrected chi connectivity index (χ1v) is 8.86. The van der Waals surface area contributed by atoms with Crippen LogP contribution in [0.25, 0.3) is 6.08 Å². The van der Waals surface area contributed by atoms with Gasteiger partial charge in [0.25, 0.3) is 5.91 Å². The van der Waals surface area contributed by atoms with E-state index in [1.807, 2.05) is 26.0 Å². The fourth-order valence-corrected chi connectivity index (χ4v) is 3.48. The molecule has 0 radical (unpaired) electrons. The van der Waals surface area contributed by atoms with Gasteiger partial charge in [-0.15, -0.1) is 0 Å². The van der Waals surface area contributed by atoms with E-state index in [1.54, 1.807) is 29.2 Å². The van der Waals surface area contributed by atoms with E-state index in [1.165, 1.54) is 23.9 Å². The molecule has 1 aliphatic heterocycles. The highest BCUT2D eigenvalue weighted by Crippen LogP contribution is 2.33. The first-order chi connectivity index (χ1) is 12.5. The molecule has 1 N–H and O–H groups in total. The molecule has 1 fully saturated rings. The van der Waals surface area contributed by atoms with E-state index >= 15 is 0 Å². The van der Waals surface area contributed by atoms with Crippen molar-refractivity contribution in [3.8, 4) is 0 Å². The largest absolute Gasteiger partial charge is 0.478 e. The van der Waals surface area contributed by atoms with Crippen molar-refractivity contribution in [2.24, 2.45) is 4.99 Å². The van der Waals surface area contributed by atoms with Crippen molar-refractivity contribution in [3.05, 3.63) is 64.2 Å². The van der Waals surface area contributed by atoms with Crippen molar-refractivity contribution >= 4 is 40.7 Å². The summed E-state index contributed by atoms with van der Waals surface area (Å²) in [5.74, 6) is -0.537. The summed E-state index contributed by atoms with van der Waals surface area (Å²) in [6.45, 7) is 4.29. The number of aromatic carboxylic acids is 1. The van der Waals surface area contributed by atoms with Crippen molar-refractivity contribution in [2.75, 3.05) is 6.54 Å². The molecule has 1 aliphatic rings. The van der Waals surface area contributed by atoms with Crippen molar-refractivity contribution in [3.63, 3.8) is 0 Å². The maximum atomic E-state index is 12.6. The van der Waals surface area contributed by atoms with Crippen molar-refractivity contribution in [1.29, 1.82) is 0 Å². The van der Waals surface area contributed by atoms with E-state index in [9.17, 15) is 9.59 Å². The second-order valence-electron chi connectivity index (χ2n) is 5.62. The normalized spacial score (nSPS) is 17.3. The molecule has 1 aromatic heterocycles. The number of hydrogen-bond acceptors (Lipinski definition) is 5. The third kappa shape index (κ3) is 3.83. The molecule has 1 saturated heterocycles. The Labute approximate surface area is 155 Å². The molecular formula is C19H17N3O3S. The number of carboxylic acids is 1. The Balaban J connectivity index is 1.90. The molecule has 132 valence electrons. The topological polar surface area (TPSA) is 82.9 Å². The summed E-state index contributed by atoms with van der Waals surface area (Å²) in [5.41, 5.74) is 1.83. The zero-order valence-electron chi connectivity index (χ0n) is 14.3. The monoisotopic (exact) mass is 367 g/mol. The van der Waals surface area contributed by atoms with Crippen molar-refractivity contribution in [1.82, 2.24) is 9.88 Å². The van der Waals surface area contributed by atoms with Gasteiger partial charge in [-0.05, 0) is 61.5 Å². The first kappa shape index (κ1) is 17.9. The zero-order valence-corrected chi connectivity index (χ0v) is 15.2. The van der Waals surface area contributed by atoms with Gasteiger partial charge >= 0.3 is 5.97 Å². The fraction of sp³-hybridized carbons (Fsp3) is 0.158. The van der Waals surface area contributed by atoms with Crippen molar-refractivity contribution < 1.29 is 14.7 Å². The number of carbonyl (C=O) groups is 2. The summed E-state index contributed by atoms with van der Waals surface area (Å²) in [7, 11) is 0. The SMILES string of the molecule is CCN1C(=O)/C(=C\c2ccc(C(=O)O)cc2)SC1=Nc1cccc(C)n1. The fourth-order valence-electron chi connectivity index (χ4n) is 2.43. The van der Waals surface area contributed by atoms with E-state index in [2.05, 4.69) is 9.98 Å². The molecule has 0 spiro atoms. The molecule has 2 heterocycles. The van der Waals surface area contributed by atoms with E-state index < -0.39 is 5.97 Å². The Morgan fingerprint density at radius 2 is 2.00 bits per heavy atom. The van der Waals surface area contributed by atoms with E-state index in [-0.39, 0.29) is 11.5 Å². The summed E-state index contributed by atoms with van der Waals surface area (Å²) < 4.78 is 0. The van der Waals surface area contributed by atoms with Crippen LogP contribution in [0.5, 0.6) is 0 Å². The molecule has 26 heavy (non-hydrogen) atoms. The van der Waals surface area contributed by atoms with Crippen LogP contribution in [0.3, 0.4) is 0 Å². The number of rotatable bonds is 4. The molecule has 7 heteroatoms. The number of carboxylic acid groups (broad SMARTS) is 1. The molecule has 1 amide bonds. The van der Waals surface area contributed by atoms with Gasteiger partial charge in [-0.2, -0.15) is 0 Å². The van der Waals surface area contributed by atoms with Gasteiger partial charge in [-0.3, -0.25) is 9.69 Å². The van der Waals surface area contributed by atoms with Crippen LogP contribution >= 0.6 is 11.8 Å². The highest BCUT2D eigenvalue weighted by Gasteiger charge is 2.32. The number of aliphatic imine (C=N–C) groups is 1. The number of carbonyl (C=O) groups excluding carboxylic acids is 1. The Bertz CT molecular complexity index is 920. The van der Waals surface area contributed by atoms with Gasteiger partial charge < -0.3 is 5.11 Å².